The molecule has 168 valence electrons. The Hall–Kier alpha value is -1.94. The molecular formula is C20H25Cl2FN6OS. The van der Waals surface area contributed by atoms with Gasteiger partial charge in [-0.1, -0.05) is 24.2 Å². The van der Waals surface area contributed by atoms with Gasteiger partial charge in [-0.25, -0.2) is 13.9 Å². The molecule has 2 aromatic heterocycles. The van der Waals surface area contributed by atoms with Crippen molar-refractivity contribution < 1.29 is 9.18 Å². The Bertz CT molecular complexity index is 1010. The normalized spacial score (nSPS) is 18.0. The molecule has 2 aliphatic rings. The van der Waals surface area contributed by atoms with Crippen molar-refractivity contribution >= 4 is 52.2 Å². The number of nitrogens with two attached hydrogens (primary N) is 1. The number of carbonyl (C=O) groups is 1. The zero-order valence-electron chi connectivity index (χ0n) is 16.9. The number of fused-ring (bicyclic) bond motifs is 1. The first-order valence-corrected chi connectivity index (χ1v) is 10.8. The molecule has 0 atom stereocenters. The number of hydrogen-bond donors (Lipinski definition) is 1. The van der Waals surface area contributed by atoms with Crippen LogP contribution >= 0.6 is 36.2 Å². The zero-order chi connectivity index (χ0) is 20.0. The summed E-state index contributed by atoms with van der Waals surface area (Å²) in [5.74, 6) is -0.158. The maximum Gasteiger partial charge on any atom is 0.242 e. The number of anilines is 1. The fourth-order valence-corrected chi connectivity index (χ4v) is 5.15. The Labute approximate surface area is 196 Å². The summed E-state index contributed by atoms with van der Waals surface area (Å²) >= 11 is 1.52. The molecule has 0 unspecified atom stereocenters. The van der Waals surface area contributed by atoms with Gasteiger partial charge in [-0.15, -0.1) is 29.9 Å². The van der Waals surface area contributed by atoms with Crippen molar-refractivity contribution in [2.24, 2.45) is 5.73 Å². The van der Waals surface area contributed by atoms with Crippen molar-refractivity contribution in [3.63, 3.8) is 0 Å². The van der Waals surface area contributed by atoms with Gasteiger partial charge in [0, 0.05) is 31.7 Å². The maximum absolute atomic E-state index is 13.1. The van der Waals surface area contributed by atoms with E-state index in [-0.39, 0.29) is 36.5 Å². The van der Waals surface area contributed by atoms with Gasteiger partial charge in [-0.2, -0.15) is 0 Å². The van der Waals surface area contributed by atoms with Crippen molar-refractivity contribution in [1.82, 2.24) is 19.5 Å². The summed E-state index contributed by atoms with van der Waals surface area (Å²) in [6, 6.07) is 6.29. The number of halogens is 3. The lowest BCUT2D eigenvalue weighted by Crippen LogP contribution is -2.58. The monoisotopic (exact) mass is 486 g/mol. The Balaban J connectivity index is 0.00000136. The van der Waals surface area contributed by atoms with Gasteiger partial charge in [-0.05, 0) is 37.1 Å². The molecule has 1 aliphatic heterocycles. The highest BCUT2D eigenvalue weighted by Gasteiger charge is 2.40. The fraction of sp³-hybridized carbons (Fsp3) is 0.450. The summed E-state index contributed by atoms with van der Waals surface area (Å²) in [5, 5.41) is 5.55. The van der Waals surface area contributed by atoms with Gasteiger partial charge in [-0.3, -0.25) is 4.79 Å². The lowest BCUT2D eigenvalue weighted by Gasteiger charge is -2.38. The molecule has 0 bridgehead atoms. The van der Waals surface area contributed by atoms with E-state index in [1.54, 1.807) is 16.6 Å². The number of carbonyl (C=O) groups excluding carboxylic acids is 1. The molecule has 5 rings (SSSR count). The predicted octanol–water partition coefficient (Wildman–Crippen LogP) is 3.36. The summed E-state index contributed by atoms with van der Waals surface area (Å²) in [7, 11) is 0. The number of nitrogens with zero attached hydrogens (tertiary/aromatic N) is 5. The van der Waals surface area contributed by atoms with Crippen LogP contribution in [0.4, 0.5) is 9.52 Å². The summed E-state index contributed by atoms with van der Waals surface area (Å²) in [4.78, 5) is 22.3. The van der Waals surface area contributed by atoms with Crippen LogP contribution in [0.3, 0.4) is 0 Å². The molecule has 0 spiro atoms. The molecule has 0 radical (unpaired) electrons. The Morgan fingerprint density at radius 2 is 1.71 bits per heavy atom. The lowest BCUT2D eigenvalue weighted by molar-refractivity contribution is -0.137. The fourth-order valence-electron chi connectivity index (χ4n) is 4.21. The first-order valence-electron chi connectivity index (χ1n) is 9.97. The quantitative estimate of drug-likeness (QED) is 0.613. The van der Waals surface area contributed by atoms with E-state index >= 15 is 0 Å². The SMILES string of the molecule is Cl.Cl.NC1(C(=O)N2CCN(c3nn4cc(-c5ccc(F)cc5)nc4s3)CC2)CCCC1. The van der Waals surface area contributed by atoms with Crippen LogP contribution in [0.5, 0.6) is 0 Å². The van der Waals surface area contributed by atoms with E-state index in [4.69, 9.17) is 5.73 Å². The Morgan fingerprint density at radius 3 is 2.32 bits per heavy atom. The summed E-state index contributed by atoms with van der Waals surface area (Å²) in [6.07, 6.45) is 5.54. The minimum absolute atomic E-state index is 0. The average Bonchev–Trinajstić information content (AvgIpc) is 3.43. The van der Waals surface area contributed by atoms with Gasteiger partial charge < -0.3 is 15.5 Å². The van der Waals surface area contributed by atoms with E-state index in [1.807, 2.05) is 11.1 Å². The maximum atomic E-state index is 13.1. The van der Waals surface area contributed by atoms with Crippen LogP contribution in [0.2, 0.25) is 0 Å². The number of piperazine rings is 1. The van der Waals surface area contributed by atoms with Gasteiger partial charge in [0.05, 0.1) is 17.4 Å². The molecular weight excluding hydrogens is 462 g/mol. The summed E-state index contributed by atoms with van der Waals surface area (Å²) in [6.45, 7) is 2.81. The molecule has 3 aromatic rings. The third-order valence-electron chi connectivity index (χ3n) is 5.93. The highest BCUT2D eigenvalue weighted by molar-refractivity contribution is 7.20. The van der Waals surface area contributed by atoms with Crippen molar-refractivity contribution in [3.8, 4) is 11.3 Å². The van der Waals surface area contributed by atoms with E-state index in [0.29, 0.717) is 13.1 Å². The van der Waals surface area contributed by atoms with E-state index in [2.05, 4.69) is 15.0 Å². The molecule has 3 heterocycles. The van der Waals surface area contributed by atoms with Crippen molar-refractivity contribution in [1.29, 1.82) is 0 Å². The first-order chi connectivity index (χ1) is 14.0. The summed E-state index contributed by atoms with van der Waals surface area (Å²) in [5.41, 5.74) is 7.32. The number of aromatic nitrogens is 3. The molecule has 31 heavy (non-hydrogen) atoms. The third kappa shape index (κ3) is 4.50. The molecule has 1 saturated carbocycles. The molecule has 1 saturated heterocycles. The number of benzene rings is 1. The van der Waals surface area contributed by atoms with Crippen LogP contribution in [0.15, 0.2) is 30.5 Å². The van der Waals surface area contributed by atoms with Gasteiger partial charge in [0.25, 0.3) is 0 Å². The Kier molecular flexibility index (Phi) is 7.10. The number of amides is 1. The largest absolute Gasteiger partial charge is 0.343 e. The topological polar surface area (TPSA) is 79.8 Å². The van der Waals surface area contributed by atoms with Crippen LogP contribution in [0.25, 0.3) is 16.2 Å². The van der Waals surface area contributed by atoms with Crippen LogP contribution in [-0.2, 0) is 4.79 Å². The second kappa shape index (κ2) is 9.28. The first kappa shape index (κ1) is 23.7. The molecule has 2 N–H and O–H groups in total. The zero-order valence-corrected chi connectivity index (χ0v) is 19.3. The van der Waals surface area contributed by atoms with E-state index in [1.165, 1.54) is 23.5 Å². The van der Waals surface area contributed by atoms with Crippen molar-refractivity contribution in [3.05, 3.63) is 36.3 Å². The number of rotatable bonds is 3. The number of hydrogen-bond acceptors (Lipinski definition) is 6. The minimum atomic E-state index is -0.652. The highest BCUT2D eigenvalue weighted by Crippen LogP contribution is 2.31. The molecule has 11 heteroatoms. The van der Waals surface area contributed by atoms with Crippen molar-refractivity contribution in [2.75, 3.05) is 31.1 Å². The molecule has 1 aliphatic carbocycles. The smallest absolute Gasteiger partial charge is 0.242 e. The van der Waals surface area contributed by atoms with Gasteiger partial charge in [0.2, 0.25) is 16.0 Å². The van der Waals surface area contributed by atoms with Gasteiger partial charge in [0.15, 0.2) is 0 Å². The summed E-state index contributed by atoms with van der Waals surface area (Å²) < 4.78 is 14.9. The van der Waals surface area contributed by atoms with Gasteiger partial charge in [0.1, 0.15) is 5.82 Å². The number of imidazole rings is 1. The Morgan fingerprint density at radius 1 is 1.06 bits per heavy atom. The third-order valence-corrected chi connectivity index (χ3v) is 6.91. The van der Waals surface area contributed by atoms with E-state index < -0.39 is 5.54 Å². The molecule has 1 aromatic carbocycles. The van der Waals surface area contributed by atoms with Gasteiger partial charge >= 0.3 is 0 Å². The highest BCUT2D eigenvalue weighted by atomic mass is 35.5. The molecule has 2 fully saturated rings. The van der Waals surface area contributed by atoms with Crippen LogP contribution in [0, 0.1) is 5.82 Å². The van der Waals surface area contributed by atoms with E-state index in [0.717, 1.165) is 60.1 Å². The second-order valence-corrected chi connectivity index (χ2v) is 8.82. The van der Waals surface area contributed by atoms with E-state index in [9.17, 15) is 9.18 Å². The standard InChI is InChI=1S/C20H23FN6OS.2ClH/c21-15-5-3-14(4-6-15)16-13-27-18(23-16)29-19(24-27)26-11-9-25(10-12-26)17(28)20(22)7-1-2-8-20;;/h3-6,13H,1-2,7-12,22H2;2*1H. The average molecular weight is 487 g/mol. The van der Waals surface area contributed by atoms with Crippen LogP contribution in [0.1, 0.15) is 25.7 Å². The van der Waals surface area contributed by atoms with Crippen LogP contribution < -0.4 is 10.6 Å². The van der Waals surface area contributed by atoms with Crippen molar-refractivity contribution in [2.45, 2.75) is 31.2 Å². The molecule has 1 amide bonds. The van der Waals surface area contributed by atoms with Crippen LogP contribution in [-0.4, -0.2) is 57.1 Å². The predicted molar refractivity (Wildman–Crippen MR) is 125 cm³/mol. The lowest BCUT2D eigenvalue weighted by atomic mass is 9.97. The second-order valence-electron chi connectivity index (χ2n) is 7.89. The molecule has 7 nitrogen and oxygen atoms in total. The minimum Gasteiger partial charge on any atom is -0.343 e.